The van der Waals surface area contributed by atoms with E-state index in [1.54, 1.807) is 7.11 Å². The average molecular weight is 237 g/mol. The van der Waals surface area contributed by atoms with Gasteiger partial charge in [0.15, 0.2) is 0 Å². The molecule has 0 spiro atoms. The Balaban J connectivity index is 1.70. The molecule has 0 saturated carbocycles. The van der Waals surface area contributed by atoms with Crippen LogP contribution >= 0.6 is 0 Å². The number of likely N-dealkylation sites (tertiary alicyclic amines) is 1. The minimum absolute atomic E-state index is 0.768. The minimum Gasteiger partial charge on any atom is -0.384 e. The van der Waals surface area contributed by atoms with Crippen molar-refractivity contribution in [2.75, 3.05) is 33.4 Å². The lowest BCUT2D eigenvalue weighted by atomic mass is 9.98. The summed E-state index contributed by atoms with van der Waals surface area (Å²) in [5.41, 5.74) is 0. The number of aryl methyl sites for hydroxylation is 1. The first-order valence-electron chi connectivity index (χ1n) is 6.47. The predicted molar refractivity (Wildman–Crippen MR) is 68.0 cm³/mol. The fraction of sp³-hybridized carbons (Fsp3) is 0.769. The Bertz CT molecular complexity index is 329. The van der Waals surface area contributed by atoms with Crippen molar-refractivity contribution in [3.8, 4) is 0 Å². The standard InChI is InChI=1S/C13H23N3O/c1-15-10-6-14-13(15)5-9-16-7-3-12(4-8-16)11-17-2/h6,10,12H,3-5,7-9,11H2,1-2H3. The highest BCUT2D eigenvalue weighted by atomic mass is 16.5. The molecule has 0 radical (unpaired) electrons. The zero-order valence-corrected chi connectivity index (χ0v) is 10.9. The van der Waals surface area contributed by atoms with Crippen molar-refractivity contribution in [1.29, 1.82) is 0 Å². The lowest BCUT2D eigenvalue weighted by Crippen LogP contribution is -2.36. The maximum Gasteiger partial charge on any atom is 0.109 e. The SMILES string of the molecule is COCC1CCN(CCc2nccn2C)CC1. The molecule has 4 nitrogen and oxygen atoms in total. The molecule has 1 aliphatic heterocycles. The number of ether oxygens (including phenoxy) is 1. The lowest BCUT2D eigenvalue weighted by Gasteiger charge is -2.31. The molecule has 1 aliphatic rings. The topological polar surface area (TPSA) is 30.3 Å². The van der Waals surface area contributed by atoms with E-state index in [0.29, 0.717) is 0 Å². The van der Waals surface area contributed by atoms with E-state index in [4.69, 9.17) is 4.74 Å². The highest BCUT2D eigenvalue weighted by Gasteiger charge is 2.18. The zero-order valence-electron chi connectivity index (χ0n) is 10.9. The van der Waals surface area contributed by atoms with Gasteiger partial charge in [0.2, 0.25) is 0 Å². The molecule has 1 fully saturated rings. The average Bonchev–Trinajstić information content (AvgIpc) is 2.75. The smallest absolute Gasteiger partial charge is 0.109 e. The van der Waals surface area contributed by atoms with Gasteiger partial charge < -0.3 is 14.2 Å². The third-order valence-electron chi connectivity index (χ3n) is 3.68. The number of hydrogen-bond acceptors (Lipinski definition) is 3. The molecule has 2 heterocycles. The second-order valence-corrected chi connectivity index (χ2v) is 4.94. The van der Waals surface area contributed by atoms with Crippen LogP contribution < -0.4 is 0 Å². The highest BCUT2D eigenvalue weighted by Crippen LogP contribution is 2.17. The van der Waals surface area contributed by atoms with Gasteiger partial charge in [-0.2, -0.15) is 0 Å². The maximum absolute atomic E-state index is 5.22. The van der Waals surface area contributed by atoms with E-state index in [2.05, 4.69) is 21.5 Å². The highest BCUT2D eigenvalue weighted by molar-refractivity contribution is 4.92. The number of rotatable bonds is 5. The molecular weight excluding hydrogens is 214 g/mol. The summed E-state index contributed by atoms with van der Waals surface area (Å²) in [5, 5.41) is 0. The first kappa shape index (κ1) is 12.6. The molecule has 0 atom stereocenters. The van der Waals surface area contributed by atoms with E-state index < -0.39 is 0 Å². The normalized spacial score (nSPS) is 18.7. The van der Waals surface area contributed by atoms with Crippen molar-refractivity contribution in [2.45, 2.75) is 19.3 Å². The Hall–Kier alpha value is -0.870. The summed E-state index contributed by atoms with van der Waals surface area (Å²) in [6, 6.07) is 0. The number of aromatic nitrogens is 2. The Morgan fingerprint density at radius 2 is 2.18 bits per heavy atom. The van der Waals surface area contributed by atoms with Crippen molar-refractivity contribution in [1.82, 2.24) is 14.5 Å². The summed E-state index contributed by atoms with van der Waals surface area (Å²) in [4.78, 5) is 6.90. The predicted octanol–water partition coefficient (Wildman–Crippen LogP) is 1.32. The van der Waals surface area contributed by atoms with Gasteiger partial charge in [-0.1, -0.05) is 0 Å². The summed E-state index contributed by atoms with van der Waals surface area (Å²) < 4.78 is 7.33. The van der Waals surface area contributed by atoms with Crippen molar-refractivity contribution in [3.63, 3.8) is 0 Å². The van der Waals surface area contributed by atoms with Gasteiger partial charge in [0.1, 0.15) is 5.82 Å². The number of nitrogens with zero attached hydrogens (tertiary/aromatic N) is 3. The monoisotopic (exact) mass is 237 g/mol. The van der Waals surface area contributed by atoms with Crippen molar-refractivity contribution < 1.29 is 4.74 Å². The number of piperidine rings is 1. The van der Waals surface area contributed by atoms with Crippen LogP contribution in [0, 0.1) is 5.92 Å². The Labute approximate surface area is 104 Å². The molecule has 1 aromatic rings. The van der Waals surface area contributed by atoms with Crippen LogP contribution in [-0.4, -0.2) is 47.8 Å². The second-order valence-electron chi connectivity index (χ2n) is 4.94. The van der Waals surface area contributed by atoms with Crippen LogP contribution in [0.5, 0.6) is 0 Å². The number of methoxy groups -OCH3 is 1. The number of imidazole rings is 1. The van der Waals surface area contributed by atoms with E-state index in [1.807, 2.05) is 12.4 Å². The van der Waals surface area contributed by atoms with Gasteiger partial charge in [0.25, 0.3) is 0 Å². The van der Waals surface area contributed by atoms with Gasteiger partial charge in [-0.15, -0.1) is 0 Å². The first-order chi connectivity index (χ1) is 8.29. The molecule has 0 bridgehead atoms. The van der Waals surface area contributed by atoms with E-state index in [1.165, 1.54) is 31.8 Å². The molecule has 96 valence electrons. The Kier molecular flexibility index (Phi) is 4.57. The van der Waals surface area contributed by atoms with Gasteiger partial charge in [-0.25, -0.2) is 4.98 Å². The third-order valence-corrected chi connectivity index (χ3v) is 3.68. The summed E-state index contributed by atoms with van der Waals surface area (Å²) in [7, 11) is 3.86. The fourth-order valence-corrected chi connectivity index (χ4v) is 2.51. The van der Waals surface area contributed by atoms with E-state index in [9.17, 15) is 0 Å². The van der Waals surface area contributed by atoms with Gasteiger partial charge in [0, 0.05) is 46.1 Å². The van der Waals surface area contributed by atoms with Gasteiger partial charge in [-0.05, 0) is 31.8 Å². The molecule has 0 aliphatic carbocycles. The van der Waals surface area contributed by atoms with Crippen molar-refractivity contribution >= 4 is 0 Å². The summed E-state index contributed by atoms with van der Waals surface area (Å²) in [6.45, 7) is 4.47. The number of hydrogen-bond donors (Lipinski definition) is 0. The second kappa shape index (κ2) is 6.17. The van der Waals surface area contributed by atoms with Crippen LogP contribution in [0.25, 0.3) is 0 Å². The van der Waals surface area contributed by atoms with E-state index >= 15 is 0 Å². The molecule has 4 heteroatoms. The molecule has 17 heavy (non-hydrogen) atoms. The zero-order chi connectivity index (χ0) is 12.1. The largest absolute Gasteiger partial charge is 0.384 e. The van der Waals surface area contributed by atoms with Gasteiger partial charge >= 0.3 is 0 Å². The van der Waals surface area contributed by atoms with Crippen LogP contribution in [0.1, 0.15) is 18.7 Å². The minimum atomic E-state index is 0.768. The molecule has 2 rings (SSSR count). The van der Waals surface area contributed by atoms with Crippen molar-refractivity contribution in [2.24, 2.45) is 13.0 Å². The van der Waals surface area contributed by atoms with Crippen LogP contribution in [0.4, 0.5) is 0 Å². The summed E-state index contributed by atoms with van der Waals surface area (Å²) in [5.74, 6) is 1.95. The molecule has 0 amide bonds. The molecule has 0 N–H and O–H groups in total. The Morgan fingerprint density at radius 3 is 2.76 bits per heavy atom. The van der Waals surface area contributed by atoms with E-state index in [0.717, 1.165) is 25.5 Å². The molecule has 1 saturated heterocycles. The van der Waals surface area contributed by atoms with E-state index in [-0.39, 0.29) is 0 Å². The van der Waals surface area contributed by atoms with Crippen LogP contribution in [-0.2, 0) is 18.2 Å². The van der Waals surface area contributed by atoms with Gasteiger partial charge in [-0.3, -0.25) is 0 Å². The van der Waals surface area contributed by atoms with Crippen LogP contribution in [0.15, 0.2) is 12.4 Å². The molecule has 1 aromatic heterocycles. The lowest BCUT2D eigenvalue weighted by molar-refractivity contribution is 0.0997. The Morgan fingerprint density at radius 1 is 1.41 bits per heavy atom. The molecule has 0 aromatic carbocycles. The molecular formula is C13H23N3O. The maximum atomic E-state index is 5.22. The van der Waals surface area contributed by atoms with Crippen LogP contribution in [0.3, 0.4) is 0 Å². The van der Waals surface area contributed by atoms with Gasteiger partial charge in [0.05, 0.1) is 0 Å². The molecule has 0 unspecified atom stereocenters. The summed E-state index contributed by atoms with van der Waals surface area (Å²) in [6.07, 6.45) is 7.49. The van der Waals surface area contributed by atoms with Crippen LogP contribution in [0.2, 0.25) is 0 Å². The fourth-order valence-electron chi connectivity index (χ4n) is 2.51. The summed E-state index contributed by atoms with van der Waals surface area (Å²) >= 11 is 0. The van der Waals surface area contributed by atoms with Crippen molar-refractivity contribution in [3.05, 3.63) is 18.2 Å². The first-order valence-corrected chi connectivity index (χ1v) is 6.47. The quantitative estimate of drug-likeness (QED) is 0.774. The third kappa shape index (κ3) is 3.54.